The van der Waals surface area contributed by atoms with Crippen LogP contribution >= 0.6 is 0 Å². The van der Waals surface area contributed by atoms with Crippen LogP contribution in [0.2, 0.25) is 0 Å². The van der Waals surface area contributed by atoms with E-state index >= 15 is 0 Å². The molecule has 0 saturated carbocycles. The average Bonchev–Trinajstić information content (AvgIpc) is 2.25. The SMILES string of the molecule is CCCC(=O)OC1CS(=O)(=O)OC1C. The Kier molecular flexibility index (Phi) is 3.49. The van der Waals surface area contributed by atoms with Crippen molar-refractivity contribution in [1.82, 2.24) is 0 Å². The number of carbonyl (C=O) groups excluding carboxylic acids is 1. The van der Waals surface area contributed by atoms with Gasteiger partial charge in [-0.15, -0.1) is 0 Å². The van der Waals surface area contributed by atoms with E-state index in [-0.39, 0.29) is 11.7 Å². The van der Waals surface area contributed by atoms with Crippen LogP contribution in [-0.2, 0) is 23.8 Å². The number of hydrogen-bond acceptors (Lipinski definition) is 5. The summed E-state index contributed by atoms with van der Waals surface area (Å²) < 4.78 is 31.5. The topological polar surface area (TPSA) is 69.7 Å². The summed E-state index contributed by atoms with van der Waals surface area (Å²) in [5, 5.41) is 0. The van der Waals surface area contributed by atoms with Crippen molar-refractivity contribution in [3.63, 3.8) is 0 Å². The molecule has 1 rings (SSSR count). The zero-order chi connectivity index (χ0) is 10.8. The highest BCUT2D eigenvalue weighted by atomic mass is 32.2. The van der Waals surface area contributed by atoms with Crippen LogP contribution in [0.4, 0.5) is 0 Å². The number of carbonyl (C=O) groups is 1. The molecule has 0 amide bonds. The molecule has 0 aromatic rings. The van der Waals surface area contributed by atoms with E-state index in [4.69, 9.17) is 4.74 Å². The van der Waals surface area contributed by atoms with E-state index in [1.165, 1.54) is 0 Å². The van der Waals surface area contributed by atoms with Crippen molar-refractivity contribution in [1.29, 1.82) is 0 Å². The molecule has 0 radical (unpaired) electrons. The van der Waals surface area contributed by atoms with Gasteiger partial charge >= 0.3 is 5.97 Å². The molecule has 0 bridgehead atoms. The first-order valence-corrected chi connectivity index (χ1v) is 6.13. The lowest BCUT2D eigenvalue weighted by atomic mass is 10.2. The second-order valence-corrected chi connectivity index (χ2v) is 4.95. The van der Waals surface area contributed by atoms with E-state index in [2.05, 4.69) is 4.18 Å². The molecule has 0 aromatic heterocycles. The molecular formula is C8H14O5S. The van der Waals surface area contributed by atoms with Crippen LogP contribution in [0, 0.1) is 0 Å². The minimum absolute atomic E-state index is 0.233. The highest BCUT2D eigenvalue weighted by Gasteiger charge is 2.38. The molecule has 1 fully saturated rings. The Morgan fingerprint density at radius 2 is 2.21 bits per heavy atom. The maximum atomic E-state index is 11.1. The maximum Gasteiger partial charge on any atom is 0.306 e. The Hall–Kier alpha value is -0.620. The Labute approximate surface area is 83.5 Å². The quantitative estimate of drug-likeness (QED) is 0.512. The van der Waals surface area contributed by atoms with Gasteiger partial charge in [0.15, 0.2) is 0 Å². The van der Waals surface area contributed by atoms with Crippen molar-refractivity contribution in [2.45, 2.75) is 38.9 Å². The van der Waals surface area contributed by atoms with Gasteiger partial charge in [-0.2, -0.15) is 8.42 Å². The molecule has 2 unspecified atom stereocenters. The van der Waals surface area contributed by atoms with Crippen LogP contribution in [0.25, 0.3) is 0 Å². The number of esters is 1. The van der Waals surface area contributed by atoms with Gasteiger partial charge in [-0.05, 0) is 13.3 Å². The van der Waals surface area contributed by atoms with Gasteiger partial charge in [-0.1, -0.05) is 6.92 Å². The number of ether oxygens (including phenoxy) is 1. The van der Waals surface area contributed by atoms with Crippen LogP contribution in [0.3, 0.4) is 0 Å². The van der Waals surface area contributed by atoms with Gasteiger partial charge in [-0.25, -0.2) is 0 Å². The summed E-state index contributed by atoms with van der Waals surface area (Å²) in [6.07, 6.45) is -0.226. The van der Waals surface area contributed by atoms with Gasteiger partial charge in [-0.3, -0.25) is 8.98 Å². The smallest absolute Gasteiger partial charge is 0.306 e. The molecule has 0 aliphatic carbocycles. The van der Waals surface area contributed by atoms with Crippen molar-refractivity contribution < 1.29 is 22.1 Å². The van der Waals surface area contributed by atoms with Crippen molar-refractivity contribution in [3.8, 4) is 0 Å². The zero-order valence-corrected chi connectivity index (χ0v) is 9.04. The van der Waals surface area contributed by atoms with Gasteiger partial charge in [0, 0.05) is 6.42 Å². The van der Waals surface area contributed by atoms with Gasteiger partial charge in [0.2, 0.25) is 0 Å². The first kappa shape index (κ1) is 11.5. The average molecular weight is 222 g/mol. The van der Waals surface area contributed by atoms with E-state index < -0.39 is 22.3 Å². The van der Waals surface area contributed by atoms with Crippen LogP contribution in [0.5, 0.6) is 0 Å². The van der Waals surface area contributed by atoms with Crippen LogP contribution in [0.15, 0.2) is 0 Å². The van der Waals surface area contributed by atoms with E-state index in [0.29, 0.717) is 12.8 Å². The summed E-state index contributed by atoms with van der Waals surface area (Å²) in [5.41, 5.74) is 0. The lowest BCUT2D eigenvalue weighted by Crippen LogP contribution is -2.27. The second-order valence-electron chi connectivity index (χ2n) is 3.30. The lowest BCUT2D eigenvalue weighted by Gasteiger charge is -2.12. The Morgan fingerprint density at radius 3 is 2.64 bits per heavy atom. The fraction of sp³-hybridized carbons (Fsp3) is 0.875. The van der Waals surface area contributed by atoms with Crippen molar-refractivity contribution in [2.24, 2.45) is 0 Å². The van der Waals surface area contributed by atoms with E-state index in [0.717, 1.165) is 0 Å². The predicted octanol–water partition coefficient (Wildman–Crippen LogP) is 0.447. The Morgan fingerprint density at radius 1 is 1.57 bits per heavy atom. The van der Waals surface area contributed by atoms with Crippen molar-refractivity contribution >= 4 is 16.1 Å². The molecule has 1 aliphatic rings. The van der Waals surface area contributed by atoms with Gasteiger partial charge in [0.1, 0.15) is 18.0 Å². The molecule has 82 valence electrons. The lowest BCUT2D eigenvalue weighted by molar-refractivity contribution is -0.150. The maximum absolute atomic E-state index is 11.1. The van der Waals surface area contributed by atoms with Gasteiger partial charge < -0.3 is 4.74 Å². The number of rotatable bonds is 3. The first-order valence-electron chi connectivity index (χ1n) is 4.55. The van der Waals surface area contributed by atoms with Gasteiger partial charge in [0.05, 0.1) is 0 Å². The zero-order valence-electron chi connectivity index (χ0n) is 8.23. The normalized spacial score (nSPS) is 30.1. The number of hydrogen-bond donors (Lipinski definition) is 0. The summed E-state index contributed by atoms with van der Waals surface area (Å²) >= 11 is 0. The predicted molar refractivity (Wildman–Crippen MR) is 49.1 cm³/mol. The molecule has 5 nitrogen and oxygen atoms in total. The molecule has 0 spiro atoms. The summed E-state index contributed by atoms with van der Waals surface area (Å²) in [4.78, 5) is 11.1. The Bertz CT molecular complexity index is 308. The molecule has 6 heteroatoms. The third kappa shape index (κ3) is 2.95. The first-order chi connectivity index (χ1) is 6.44. The highest BCUT2D eigenvalue weighted by Crippen LogP contribution is 2.19. The van der Waals surface area contributed by atoms with E-state index in [9.17, 15) is 13.2 Å². The molecule has 1 aliphatic heterocycles. The molecule has 1 heterocycles. The summed E-state index contributed by atoms with van der Waals surface area (Å²) in [7, 11) is -3.48. The largest absolute Gasteiger partial charge is 0.458 e. The van der Waals surface area contributed by atoms with Gasteiger partial charge in [0.25, 0.3) is 10.1 Å². The molecule has 1 saturated heterocycles. The van der Waals surface area contributed by atoms with Crippen LogP contribution in [-0.4, -0.2) is 32.3 Å². The monoisotopic (exact) mass is 222 g/mol. The summed E-state index contributed by atoms with van der Waals surface area (Å²) in [5.74, 6) is -0.603. The summed E-state index contributed by atoms with van der Waals surface area (Å²) in [6.45, 7) is 3.43. The molecule has 0 N–H and O–H groups in total. The van der Waals surface area contributed by atoms with Crippen LogP contribution in [0.1, 0.15) is 26.7 Å². The fourth-order valence-electron chi connectivity index (χ4n) is 1.23. The third-order valence-corrected chi connectivity index (χ3v) is 3.26. The third-order valence-electron chi connectivity index (χ3n) is 1.93. The fourth-order valence-corrected chi connectivity index (χ4v) is 2.64. The van der Waals surface area contributed by atoms with E-state index in [1.54, 1.807) is 6.92 Å². The standard InChI is InChI=1S/C8H14O5S/c1-3-4-8(9)12-7-5-14(10,11)13-6(7)2/h6-7H,3-5H2,1-2H3. The summed E-state index contributed by atoms with van der Waals surface area (Å²) in [6, 6.07) is 0. The molecular weight excluding hydrogens is 208 g/mol. The molecule has 14 heavy (non-hydrogen) atoms. The Balaban J connectivity index is 2.51. The van der Waals surface area contributed by atoms with E-state index in [1.807, 2.05) is 6.92 Å². The minimum Gasteiger partial charge on any atom is -0.458 e. The van der Waals surface area contributed by atoms with Crippen molar-refractivity contribution in [3.05, 3.63) is 0 Å². The van der Waals surface area contributed by atoms with Crippen molar-refractivity contribution in [2.75, 3.05) is 5.75 Å². The second kappa shape index (κ2) is 4.27. The molecule has 2 atom stereocenters. The highest BCUT2D eigenvalue weighted by molar-refractivity contribution is 7.87. The minimum atomic E-state index is -3.48. The molecule has 0 aromatic carbocycles. The van der Waals surface area contributed by atoms with Crippen LogP contribution < -0.4 is 0 Å².